The highest BCUT2D eigenvalue weighted by atomic mass is 16.2. The van der Waals surface area contributed by atoms with Crippen molar-refractivity contribution < 1.29 is 4.79 Å². The van der Waals surface area contributed by atoms with Gasteiger partial charge in [-0.3, -0.25) is 4.79 Å². The lowest BCUT2D eigenvalue weighted by molar-refractivity contribution is -0.117. The maximum atomic E-state index is 11.9. The van der Waals surface area contributed by atoms with Crippen LogP contribution in [0.5, 0.6) is 0 Å². The number of anilines is 2. The van der Waals surface area contributed by atoms with Gasteiger partial charge in [-0.1, -0.05) is 6.07 Å². The Kier molecular flexibility index (Phi) is 3.40. The molecule has 2 unspecified atom stereocenters. The van der Waals surface area contributed by atoms with Gasteiger partial charge in [-0.15, -0.1) is 0 Å². The summed E-state index contributed by atoms with van der Waals surface area (Å²) in [5.74, 6) is 0.0334. The zero-order valence-corrected chi connectivity index (χ0v) is 12.3. The molecule has 108 valence electrons. The third-order valence-electron chi connectivity index (χ3n) is 4.32. The zero-order valence-electron chi connectivity index (χ0n) is 12.3. The minimum absolute atomic E-state index is 0.0334. The first-order valence-corrected chi connectivity index (χ1v) is 7.17. The van der Waals surface area contributed by atoms with Gasteiger partial charge in [0.15, 0.2) is 0 Å². The predicted molar refractivity (Wildman–Crippen MR) is 81.2 cm³/mol. The molecule has 20 heavy (non-hydrogen) atoms. The second kappa shape index (κ2) is 5.07. The fraction of sp³-hybridized carbons (Fsp3) is 0.533. The number of likely N-dealkylation sites (N-methyl/N-ethyl adjacent to an activating group) is 2. The van der Waals surface area contributed by atoms with E-state index >= 15 is 0 Å². The van der Waals surface area contributed by atoms with Crippen LogP contribution in [-0.4, -0.2) is 50.6 Å². The van der Waals surface area contributed by atoms with Crippen molar-refractivity contribution in [3.63, 3.8) is 0 Å². The van der Waals surface area contributed by atoms with Gasteiger partial charge in [0.1, 0.15) is 6.04 Å². The Morgan fingerprint density at radius 3 is 2.85 bits per heavy atom. The van der Waals surface area contributed by atoms with Gasteiger partial charge in [0.2, 0.25) is 5.91 Å². The number of fused-ring (bicyclic) bond motifs is 1. The Labute approximate surface area is 119 Å². The third-order valence-corrected chi connectivity index (χ3v) is 4.32. The Bertz CT molecular complexity index is 531. The van der Waals surface area contributed by atoms with E-state index in [2.05, 4.69) is 52.6 Å². The topological polar surface area (TPSA) is 47.6 Å². The highest BCUT2D eigenvalue weighted by molar-refractivity contribution is 6.03. The molecule has 0 bridgehead atoms. The van der Waals surface area contributed by atoms with Crippen LogP contribution in [0.1, 0.15) is 18.5 Å². The number of hydrogen-bond donors (Lipinski definition) is 2. The molecule has 3 rings (SSSR count). The van der Waals surface area contributed by atoms with Crippen LogP contribution in [0.3, 0.4) is 0 Å². The second-order valence-corrected chi connectivity index (χ2v) is 5.79. The van der Waals surface area contributed by atoms with Crippen LogP contribution in [0.4, 0.5) is 11.4 Å². The van der Waals surface area contributed by atoms with Crippen molar-refractivity contribution in [2.75, 3.05) is 43.9 Å². The number of piperazine rings is 1. The summed E-state index contributed by atoms with van der Waals surface area (Å²) in [4.78, 5) is 16.6. The van der Waals surface area contributed by atoms with Gasteiger partial charge in [0, 0.05) is 42.6 Å². The van der Waals surface area contributed by atoms with Gasteiger partial charge in [0.05, 0.1) is 0 Å². The number of nitrogens with one attached hydrogen (secondary N) is 2. The number of hydrogen-bond acceptors (Lipinski definition) is 4. The molecular weight excluding hydrogens is 252 g/mol. The van der Waals surface area contributed by atoms with Crippen LogP contribution in [0.2, 0.25) is 0 Å². The average Bonchev–Trinajstić information content (AvgIpc) is 2.72. The SMILES string of the molecule is CNC1C(=O)Nc2cc(N3CCN(C)CC3C)ccc21. The first-order valence-electron chi connectivity index (χ1n) is 7.17. The summed E-state index contributed by atoms with van der Waals surface area (Å²) in [6.45, 7) is 5.42. The summed E-state index contributed by atoms with van der Waals surface area (Å²) in [6.07, 6.45) is 0. The molecule has 0 aromatic heterocycles. The highest BCUT2D eigenvalue weighted by Crippen LogP contribution is 2.34. The third kappa shape index (κ3) is 2.17. The molecule has 1 aromatic rings. The lowest BCUT2D eigenvalue weighted by atomic mass is 10.1. The maximum Gasteiger partial charge on any atom is 0.246 e. The quantitative estimate of drug-likeness (QED) is 0.846. The Morgan fingerprint density at radius 2 is 2.15 bits per heavy atom. The first kappa shape index (κ1) is 13.4. The molecule has 0 radical (unpaired) electrons. The smallest absolute Gasteiger partial charge is 0.246 e. The van der Waals surface area contributed by atoms with Crippen molar-refractivity contribution in [1.29, 1.82) is 0 Å². The second-order valence-electron chi connectivity index (χ2n) is 5.79. The summed E-state index contributed by atoms with van der Waals surface area (Å²) in [7, 11) is 3.98. The van der Waals surface area contributed by atoms with Crippen molar-refractivity contribution >= 4 is 17.3 Å². The van der Waals surface area contributed by atoms with Gasteiger partial charge < -0.3 is 20.4 Å². The van der Waals surface area contributed by atoms with Crippen LogP contribution in [-0.2, 0) is 4.79 Å². The molecule has 1 aromatic carbocycles. The van der Waals surface area contributed by atoms with E-state index in [9.17, 15) is 4.79 Å². The summed E-state index contributed by atoms with van der Waals surface area (Å²) < 4.78 is 0. The molecule has 5 nitrogen and oxygen atoms in total. The van der Waals surface area contributed by atoms with Gasteiger partial charge in [-0.05, 0) is 33.2 Å². The van der Waals surface area contributed by atoms with E-state index < -0.39 is 0 Å². The Hall–Kier alpha value is -1.59. The number of nitrogens with zero attached hydrogens (tertiary/aromatic N) is 2. The molecular formula is C15H22N4O. The fourth-order valence-electron chi connectivity index (χ4n) is 3.24. The molecule has 0 spiro atoms. The zero-order chi connectivity index (χ0) is 14.3. The van der Waals surface area contributed by atoms with E-state index in [1.165, 1.54) is 5.69 Å². The van der Waals surface area contributed by atoms with Crippen LogP contribution in [0.25, 0.3) is 0 Å². The standard InChI is InChI=1S/C15H22N4O/c1-10-9-18(3)6-7-19(10)11-4-5-12-13(8-11)17-15(20)14(12)16-2/h4-5,8,10,14,16H,6-7,9H2,1-3H3,(H,17,20). The van der Waals surface area contributed by atoms with E-state index in [0.29, 0.717) is 6.04 Å². The summed E-state index contributed by atoms with van der Waals surface area (Å²) in [5, 5.41) is 6.01. The van der Waals surface area contributed by atoms with Crippen molar-refractivity contribution in [3.05, 3.63) is 23.8 Å². The Balaban J connectivity index is 1.87. The van der Waals surface area contributed by atoms with Crippen molar-refractivity contribution in [3.8, 4) is 0 Å². The van der Waals surface area contributed by atoms with Gasteiger partial charge in [-0.2, -0.15) is 0 Å². The molecule has 1 fully saturated rings. The lowest BCUT2D eigenvalue weighted by Crippen LogP contribution is -2.50. The normalized spacial score (nSPS) is 26.6. The van der Waals surface area contributed by atoms with Crippen LogP contribution >= 0.6 is 0 Å². The van der Waals surface area contributed by atoms with Crippen LogP contribution < -0.4 is 15.5 Å². The minimum atomic E-state index is -0.219. The largest absolute Gasteiger partial charge is 0.366 e. The highest BCUT2D eigenvalue weighted by Gasteiger charge is 2.30. The van der Waals surface area contributed by atoms with Gasteiger partial charge in [0.25, 0.3) is 0 Å². The average molecular weight is 274 g/mol. The monoisotopic (exact) mass is 274 g/mol. The molecule has 2 N–H and O–H groups in total. The molecule has 1 amide bonds. The molecule has 2 heterocycles. The summed E-state index contributed by atoms with van der Waals surface area (Å²) >= 11 is 0. The van der Waals surface area contributed by atoms with Crippen molar-refractivity contribution in [2.24, 2.45) is 0 Å². The van der Waals surface area contributed by atoms with Gasteiger partial charge >= 0.3 is 0 Å². The molecule has 0 saturated carbocycles. The fourth-order valence-corrected chi connectivity index (χ4v) is 3.24. The van der Waals surface area contributed by atoms with Crippen molar-refractivity contribution in [1.82, 2.24) is 10.2 Å². The van der Waals surface area contributed by atoms with E-state index in [-0.39, 0.29) is 11.9 Å². The van der Waals surface area contributed by atoms with E-state index in [1.807, 2.05) is 7.05 Å². The van der Waals surface area contributed by atoms with E-state index in [0.717, 1.165) is 30.9 Å². The maximum absolute atomic E-state index is 11.9. The number of carbonyl (C=O) groups is 1. The predicted octanol–water partition coefficient (Wildman–Crippen LogP) is 1.04. The molecule has 1 saturated heterocycles. The number of rotatable bonds is 2. The number of amides is 1. The van der Waals surface area contributed by atoms with E-state index in [4.69, 9.17) is 0 Å². The first-order chi connectivity index (χ1) is 9.60. The lowest BCUT2D eigenvalue weighted by Gasteiger charge is -2.40. The number of carbonyl (C=O) groups excluding carboxylic acids is 1. The molecule has 5 heteroatoms. The summed E-state index contributed by atoms with van der Waals surface area (Å²) in [5.41, 5.74) is 3.18. The number of benzene rings is 1. The summed E-state index contributed by atoms with van der Waals surface area (Å²) in [6, 6.07) is 6.57. The molecule has 2 aliphatic rings. The minimum Gasteiger partial charge on any atom is -0.366 e. The van der Waals surface area contributed by atoms with Crippen molar-refractivity contribution in [2.45, 2.75) is 19.0 Å². The Morgan fingerprint density at radius 1 is 1.35 bits per heavy atom. The molecule has 0 aliphatic carbocycles. The van der Waals surface area contributed by atoms with E-state index in [1.54, 1.807) is 0 Å². The van der Waals surface area contributed by atoms with Crippen LogP contribution in [0.15, 0.2) is 18.2 Å². The molecule has 2 aliphatic heterocycles. The molecule has 2 atom stereocenters. The van der Waals surface area contributed by atoms with Crippen LogP contribution in [0, 0.1) is 0 Å². The van der Waals surface area contributed by atoms with Gasteiger partial charge in [-0.25, -0.2) is 0 Å².